The van der Waals surface area contributed by atoms with Gasteiger partial charge in [0.1, 0.15) is 12.4 Å². The van der Waals surface area contributed by atoms with E-state index in [1.54, 1.807) is 48.5 Å². The highest BCUT2D eigenvalue weighted by molar-refractivity contribution is 5.99. The van der Waals surface area contributed by atoms with E-state index in [0.29, 0.717) is 22.0 Å². The second-order valence-electron chi connectivity index (χ2n) is 7.84. The Morgan fingerprint density at radius 3 is 2.31 bits per heavy atom. The maximum Gasteiger partial charge on any atom is 0.420 e. The van der Waals surface area contributed by atoms with E-state index in [9.17, 15) is 27.9 Å². The molecular formula is C26H21F3N2O4. The zero-order valence-corrected chi connectivity index (χ0v) is 18.4. The number of nitrogens with zero attached hydrogens (tertiary/aromatic N) is 1. The lowest BCUT2D eigenvalue weighted by Crippen LogP contribution is -2.18. The highest BCUT2D eigenvalue weighted by Crippen LogP contribution is 2.33. The first kappa shape index (κ1) is 23.9. The lowest BCUT2D eigenvalue weighted by molar-refractivity contribution is -0.138. The van der Waals surface area contributed by atoms with E-state index in [0.717, 1.165) is 17.7 Å². The number of alkyl halides is 3. The van der Waals surface area contributed by atoms with E-state index in [2.05, 4.69) is 5.32 Å². The number of carboxylic acid groups (broad SMARTS) is 1. The third-order valence-corrected chi connectivity index (χ3v) is 5.41. The van der Waals surface area contributed by atoms with Crippen LogP contribution in [0.1, 0.15) is 22.3 Å². The fourth-order valence-corrected chi connectivity index (χ4v) is 3.84. The molecule has 6 nitrogen and oxygen atoms in total. The largest absolute Gasteiger partial charge is 0.481 e. The van der Waals surface area contributed by atoms with Gasteiger partial charge in [-0.15, -0.1) is 0 Å². The van der Waals surface area contributed by atoms with E-state index < -0.39 is 30.2 Å². The first-order valence-electron chi connectivity index (χ1n) is 10.7. The van der Waals surface area contributed by atoms with Crippen LogP contribution in [0.15, 0.2) is 78.9 Å². The molecule has 1 heterocycles. The minimum absolute atomic E-state index is 0.00644. The molecule has 9 heteroatoms. The van der Waals surface area contributed by atoms with Gasteiger partial charge in [0.15, 0.2) is 0 Å². The van der Waals surface area contributed by atoms with Crippen LogP contribution in [-0.2, 0) is 35.3 Å². The molecule has 0 saturated heterocycles. The molecule has 0 saturated carbocycles. The number of carbonyl (C=O) groups excluding carboxylic acids is 1. The number of ether oxygens (including phenoxy) is 1. The Balaban J connectivity index is 1.71. The zero-order valence-electron chi connectivity index (χ0n) is 18.4. The molecule has 180 valence electrons. The molecule has 0 spiro atoms. The summed E-state index contributed by atoms with van der Waals surface area (Å²) in [5, 5.41) is 13.0. The molecule has 0 aliphatic carbocycles. The van der Waals surface area contributed by atoms with Crippen LogP contribution in [0, 0.1) is 0 Å². The van der Waals surface area contributed by atoms with Gasteiger partial charge in [-0.1, -0.05) is 60.7 Å². The van der Waals surface area contributed by atoms with Gasteiger partial charge in [0.25, 0.3) is 0 Å². The molecule has 4 rings (SSSR count). The molecule has 0 aliphatic rings. The Morgan fingerprint density at radius 2 is 1.60 bits per heavy atom. The average Bonchev–Trinajstić information content (AvgIpc) is 3.14. The topological polar surface area (TPSA) is 80.6 Å². The standard InChI is InChI=1S/C26H21F3N2O4/c27-26(28,29)19-10-6-9-18(13-19)15-30-24-21(14-23(32)33)20-11-4-5-12-22(20)31(24)25(34)35-16-17-7-2-1-3-8-17/h1-13,30H,14-16H2,(H,32,33). The van der Waals surface area contributed by atoms with Gasteiger partial charge in [0.2, 0.25) is 0 Å². The second-order valence-corrected chi connectivity index (χ2v) is 7.84. The number of anilines is 1. The lowest BCUT2D eigenvalue weighted by atomic mass is 10.1. The number of aromatic nitrogens is 1. The van der Waals surface area contributed by atoms with Gasteiger partial charge in [-0.2, -0.15) is 13.2 Å². The van der Waals surface area contributed by atoms with Crippen molar-refractivity contribution >= 4 is 28.8 Å². The van der Waals surface area contributed by atoms with Gasteiger partial charge >= 0.3 is 18.2 Å². The Labute approximate surface area is 198 Å². The molecular weight excluding hydrogens is 461 g/mol. The molecule has 0 unspecified atom stereocenters. The van der Waals surface area contributed by atoms with Crippen molar-refractivity contribution in [2.45, 2.75) is 25.7 Å². The number of aliphatic carboxylic acids is 1. The third-order valence-electron chi connectivity index (χ3n) is 5.41. The third kappa shape index (κ3) is 5.46. The van der Waals surface area contributed by atoms with Gasteiger partial charge in [0, 0.05) is 17.5 Å². The number of carboxylic acids is 1. The lowest BCUT2D eigenvalue weighted by Gasteiger charge is -2.14. The zero-order chi connectivity index (χ0) is 25.0. The maximum absolute atomic E-state index is 13.2. The van der Waals surface area contributed by atoms with Gasteiger partial charge in [0.05, 0.1) is 17.5 Å². The quantitative estimate of drug-likeness (QED) is 0.334. The van der Waals surface area contributed by atoms with Gasteiger partial charge in [-0.3, -0.25) is 4.79 Å². The predicted molar refractivity (Wildman–Crippen MR) is 124 cm³/mol. The maximum atomic E-state index is 13.2. The molecule has 0 fully saturated rings. The van der Waals surface area contributed by atoms with Crippen LogP contribution in [-0.4, -0.2) is 21.7 Å². The summed E-state index contributed by atoms with van der Waals surface area (Å²) < 4.78 is 46.1. The number of para-hydroxylation sites is 1. The van der Waals surface area contributed by atoms with Crippen LogP contribution in [0.4, 0.5) is 23.8 Å². The first-order valence-corrected chi connectivity index (χ1v) is 10.7. The predicted octanol–water partition coefficient (Wildman–Crippen LogP) is 6.08. The summed E-state index contributed by atoms with van der Waals surface area (Å²) in [7, 11) is 0. The molecule has 0 atom stereocenters. The monoisotopic (exact) mass is 482 g/mol. The van der Waals surface area contributed by atoms with E-state index in [4.69, 9.17) is 4.74 Å². The minimum atomic E-state index is -4.50. The molecule has 3 aromatic carbocycles. The molecule has 1 aromatic heterocycles. The molecule has 0 amide bonds. The summed E-state index contributed by atoms with van der Waals surface area (Å²) in [4.78, 5) is 24.8. The van der Waals surface area contributed by atoms with Crippen molar-refractivity contribution in [3.05, 3.63) is 101 Å². The summed E-state index contributed by atoms with van der Waals surface area (Å²) in [6, 6.07) is 20.6. The molecule has 0 bridgehead atoms. The van der Waals surface area contributed by atoms with E-state index in [-0.39, 0.29) is 19.0 Å². The summed E-state index contributed by atoms with van der Waals surface area (Å²) in [6.45, 7) is -0.0770. The number of benzene rings is 3. The Hall–Kier alpha value is -4.27. The van der Waals surface area contributed by atoms with Gasteiger partial charge in [-0.05, 0) is 29.3 Å². The van der Waals surface area contributed by atoms with Crippen LogP contribution < -0.4 is 5.32 Å². The van der Waals surface area contributed by atoms with E-state index in [1.807, 2.05) is 6.07 Å². The number of carbonyl (C=O) groups is 2. The van der Waals surface area contributed by atoms with Crippen LogP contribution in [0.25, 0.3) is 10.9 Å². The summed E-state index contributed by atoms with van der Waals surface area (Å²) in [6.07, 6.45) is -5.64. The average molecular weight is 482 g/mol. The van der Waals surface area contributed by atoms with Crippen LogP contribution in [0.5, 0.6) is 0 Å². The highest BCUT2D eigenvalue weighted by Gasteiger charge is 2.30. The van der Waals surface area contributed by atoms with Crippen LogP contribution in [0.3, 0.4) is 0 Å². The molecule has 4 aromatic rings. The molecule has 2 N–H and O–H groups in total. The van der Waals surface area contributed by atoms with Gasteiger partial charge in [-0.25, -0.2) is 9.36 Å². The fraction of sp³-hybridized carbons (Fsp3) is 0.154. The molecule has 0 aliphatic heterocycles. The minimum Gasteiger partial charge on any atom is -0.481 e. The van der Waals surface area contributed by atoms with Crippen molar-refractivity contribution < 1.29 is 32.6 Å². The Morgan fingerprint density at radius 1 is 0.914 bits per heavy atom. The number of nitrogens with one attached hydrogen (secondary N) is 1. The van der Waals surface area contributed by atoms with Crippen molar-refractivity contribution in [2.75, 3.05) is 5.32 Å². The second kappa shape index (κ2) is 9.92. The SMILES string of the molecule is O=C(O)Cc1c(NCc2cccc(C(F)(F)F)c2)n(C(=O)OCc2ccccc2)c2ccccc12. The Bertz CT molecular complexity index is 1360. The highest BCUT2D eigenvalue weighted by atomic mass is 19.4. The summed E-state index contributed by atoms with van der Waals surface area (Å²) in [5.74, 6) is -0.961. The van der Waals surface area contributed by atoms with Crippen LogP contribution >= 0.6 is 0 Å². The van der Waals surface area contributed by atoms with Crippen molar-refractivity contribution in [1.82, 2.24) is 4.57 Å². The number of rotatable bonds is 7. The van der Waals surface area contributed by atoms with E-state index in [1.165, 1.54) is 16.7 Å². The summed E-state index contributed by atoms with van der Waals surface area (Å²) >= 11 is 0. The van der Waals surface area contributed by atoms with Crippen molar-refractivity contribution in [1.29, 1.82) is 0 Å². The normalized spacial score (nSPS) is 11.4. The van der Waals surface area contributed by atoms with Crippen molar-refractivity contribution in [3.8, 4) is 0 Å². The number of halogens is 3. The number of fused-ring (bicyclic) bond motifs is 1. The first-order chi connectivity index (χ1) is 16.7. The van der Waals surface area contributed by atoms with Crippen molar-refractivity contribution in [2.24, 2.45) is 0 Å². The van der Waals surface area contributed by atoms with Crippen LogP contribution in [0.2, 0.25) is 0 Å². The molecule has 35 heavy (non-hydrogen) atoms. The molecule has 0 radical (unpaired) electrons. The fourth-order valence-electron chi connectivity index (χ4n) is 3.84. The smallest absolute Gasteiger partial charge is 0.420 e. The number of hydrogen-bond donors (Lipinski definition) is 2. The van der Waals surface area contributed by atoms with E-state index >= 15 is 0 Å². The number of hydrogen-bond acceptors (Lipinski definition) is 4. The van der Waals surface area contributed by atoms with Crippen molar-refractivity contribution in [3.63, 3.8) is 0 Å². The summed E-state index contributed by atoms with van der Waals surface area (Å²) in [5.41, 5.74) is 1.03. The Kier molecular flexibility index (Phi) is 6.77. The van der Waals surface area contributed by atoms with Gasteiger partial charge < -0.3 is 15.2 Å².